The van der Waals surface area contributed by atoms with Crippen molar-refractivity contribution in [3.63, 3.8) is 0 Å². The van der Waals surface area contributed by atoms with Gasteiger partial charge in [-0.25, -0.2) is 0 Å². The van der Waals surface area contributed by atoms with E-state index in [1.165, 1.54) is 17.7 Å². The summed E-state index contributed by atoms with van der Waals surface area (Å²) >= 11 is 0. The highest BCUT2D eigenvalue weighted by Gasteiger charge is 2.31. The van der Waals surface area contributed by atoms with Crippen LogP contribution in [0.25, 0.3) is 11.1 Å². The van der Waals surface area contributed by atoms with Crippen molar-refractivity contribution in [2.75, 3.05) is 6.61 Å². The molecule has 0 radical (unpaired) electrons. The van der Waals surface area contributed by atoms with E-state index in [4.69, 9.17) is 4.74 Å². The van der Waals surface area contributed by atoms with Crippen molar-refractivity contribution in [1.29, 1.82) is 0 Å². The largest absolute Gasteiger partial charge is 0.573 e. The molecule has 0 fully saturated rings. The van der Waals surface area contributed by atoms with Crippen LogP contribution in [0.3, 0.4) is 0 Å². The molecule has 0 aliphatic carbocycles. The summed E-state index contributed by atoms with van der Waals surface area (Å²) in [6, 6.07) is 7.68. The van der Waals surface area contributed by atoms with E-state index in [1.807, 2.05) is 6.07 Å². The number of nitrogens with one attached hydrogen (secondary N) is 1. The number of ether oxygens (including phenoxy) is 2. The van der Waals surface area contributed by atoms with Crippen molar-refractivity contribution in [2.45, 2.75) is 39.1 Å². The van der Waals surface area contributed by atoms with E-state index in [1.54, 1.807) is 12.1 Å². The molecule has 0 saturated carbocycles. The second kappa shape index (κ2) is 7.90. The van der Waals surface area contributed by atoms with E-state index >= 15 is 0 Å². The average Bonchev–Trinajstić information content (AvgIpc) is 3.10. The Bertz CT molecular complexity index is 817. The summed E-state index contributed by atoms with van der Waals surface area (Å²) in [4.78, 5) is 10.7. The van der Waals surface area contributed by atoms with Gasteiger partial charge in [0.25, 0.3) is 0 Å². The second-order valence-corrected chi connectivity index (χ2v) is 6.29. The topological polar surface area (TPSA) is 47.6 Å². The van der Waals surface area contributed by atoms with Gasteiger partial charge in [0.2, 0.25) is 6.41 Å². The van der Waals surface area contributed by atoms with E-state index in [9.17, 15) is 18.0 Å². The van der Waals surface area contributed by atoms with Gasteiger partial charge in [-0.1, -0.05) is 25.5 Å². The fourth-order valence-electron chi connectivity index (χ4n) is 3.43. The van der Waals surface area contributed by atoms with E-state index in [2.05, 4.69) is 17.0 Å². The number of benzene rings is 2. The summed E-state index contributed by atoms with van der Waals surface area (Å²) in [5, 5.41) is 2.70. The second-order valence-electron chi connectivity index (χ2n) is 6.29. The van der Waals surface area contributed by atoms with Crippen molar-refractivity contribution >= 4 is 6.41 Å². The van der Waals surface area contributed by atoms with Crippen LogP contribution in [0.5, 0.6) is 11.5 Å². The molecule has 1 amide bonds. The molecular weight excluding hydrogens is 359 g/mol. The van der Waals surface area contributed by atoms with Crippen molar-refractivity contribution < 1.29 is 27.4 Å². The summed E-state index contributed by atoms with van der Waals surface area (Å²) in [6.07, 6.45) is -1.45. The van der Waals surface area contributed by atoms with Gasteiger partial charge in [-0.05, 0) is 41.3 Å². The third kappa shape index (κ3) is 4.35. The van der Waals surface area contributed by atoms with Crippen LogP contribution >= 0.6 is 0 Å². The number of hydrogen-bond acceptors (Lipinski definition) is 3. The van der Waals surface area contributed by atoms with Gasteiger partial charge in [-0.15, -0.1) is 13.2 Å². The van der Waals surface area contributed by atoms with Crippen LogP contribution in [0.1, 0.15) is 30.0 Å². The molecule has 4 nitrogen and oxygen atoms in total. The predicted molar refractivity (Wildman–Crippen MR) is 94.7 cm³/mol. The first kappa shape index (κ1) is 19.1. The van der Waals surface area contributed by atoms with Crippen LogP contribution in [0.4, 0.5) is 13.2 Å². The molecule has 0 atom stereocenters. The molecule has 2 aromatic carbocycles. The van der Waals surface area contributed by atoms with Crippen LogP contribution in [-0.2, 0) is 24.2 Å². The highest BCUT2D eigenvalue weighted by atomic mass is 19.4. The van der Waals surface area contributed by atoms with Crippen molar-refractivity contribution in [2.24, 2.45) is 0 Å². The summed E-state index contributed by atoms with van der Waals surface area (Å²) in [5.74, 6) is 0.507. The van der Waals surface area contributed by atoms with Crippen LogP contribution < -0.4 is 14.8 Å². The molecule has 3 rings (SSSR count). The standard InChI is InChI=1S/C20H20F3NO3/c1-2-3-16-14(11-24-12-25)10-18(19-17(16)8-9-26-19)13-4-6-15(7-5-13)27-20(21,22)23/h4-7,10,12H,2-3,8-9,11H2,1H3,(H,24,25). The molecule has 27 heavy (non-hydrogen) atoms. The minimum Gasteiger partial charge on any atom is -0.492 e. The van der Waals surface area contributed by atoms with Gasteiger partial charge in [0.15, 0.2) is 0 Å². The lowest BCUT2D eigenvalue weighted by molar-refractivity contribution is -0.274. The van der Waals surface area contributed by atoms with Crippen molar-refractivity contribution in [3.8, 4) is 22.6 Å². The van der Waals surface area contributed by atoms with Crippen LogP contribution in [0.2, 0.25) is 0 Å². The van der Waals surface area contributed by atoms with Gasteiger partial charge < -0.3 is 14.8 Å². The first-order chi connectivity index (χ1) is 12.9. The number of hydrogen-bond donors (Lipinski definition) is 1. The summed E-state index contributed by atoms with van der Waals surface area (Å²) < 4.78 is 46.8. The Labute approximate surface area is 155 Å². The monoisotopic (exact) mass is 379 g/mol. The molecule has 1 aliphatic rings. The lowest BCUT2D eigenvalue weighted by Gasteiger charge is -2.17. The lowest BCUT2D eigenvalue weighted by Crippen LogP contribution is -2.16. The Morgan fingerprint density at radius 3 is 2.63 bits per heavy atom. The van der Waals surface area contributed by atoms with Gasteiger partial charge in [0.05, 0.1) is 6.61 Å². The quantitative estimate of drug-likeness (QED) is 0.726. The fraction of sp³-hybridized carbons (Fsp3) is 0.350. The predicted octanol–water partition coefficient (Wildman–Crippen LogP) is 4.39. The molecule has 1 aliphatic heterocycles. The van der Waals surface area contributed by atoms with Crippen molar-refractivity contribution in [1.82, 2.24) is 5.32 Å². The van der Waals surface area contributed by atoms with E-state index in [-0.39, 0.29) is 5.75 Å². The van der Waals surface area contributed by atoms with E-state index < -0.39 is 6.36 Å². The zero-order valence-electron chi connectivity index (χ0n) is 14.9. The fourth-order valence-corrected chi connectivity index (χ4v) is 3.43. The van der Waals surface area contributed by atoms with E-state index in [0.717, 1.165) is 47.3 Å². The molecule has 0 saturated heterocycles. The minimum absolute atomic E-state index is 0.269. The minimum atomic E-state index is -4.72. The number of fused-ring (bicyclic) bond motifs is 1. The van der Waals surface area contributed by atoms with Gasteiger partial charge in [-0.3, -0.25) is 4.79 Å². The van der Waals surface area contributed by atoms with Crippen LogP contribution in [0, 0.1) is 0 Å². The summed E-state index contributed by atoms with van der Waals surface area (Å²) in [7, 11) is 0. The van der Waals surface area contributed by atoms with Gasteiger partial charge in [0.1, 0.15) is 11.5 Å². The van der Waals surface area contributed by atoms with Gasteiger partial charge in [0, 0.05) is 24.1 Å². The molecule has 1 N–H and O–H groups in total. The van der Waals surface area contributed by atoms with Crippen LogP contribution in [-0.4, -0.2) is 19.4 Å². The first-order valence-electron chi connectivity index (χ1n) is 8.76. The maximum Gasteiger partial charge on any atom is 0.573 e. The molecule has 0 spiro atoms. The molecule has 7 heteroatoms. The third-order valence-electron chi connectivity index (χ3n) is 4.46. The molecule has 144 valence electrons. The summed E-state index contributed by atoms with van der Waals surface area (Å²) in [5.41, 5.74) is 4.84. The normalized spacial score (nSPS) is 13.0. The zero-order valence-corrected chi connectivity index (χ0v) is 14.9. The molecular formula is C20H20F3NO3. The number of amides is 1. The number of carbonyl (C=O) groups excluding carboxylic acids is 1. The maximum atomic E-state index is 12.4. The number of alkyl halides is 3. The molecule has 0 unspecified atom stereocenters. The Morgan fingerprint density at radius 1 is 1.26 bits per heavy atom. The number of carbonyl (C=O) groups is 1. The number of halogens is 3. The first-order valence-corrected chi connectivity index (χ1v) is 8.76. The third-order valence-corrected chi connectivity index (χ3v) is 4.46. The van der Waals surface area contributed by atoms with Gasteiger partial charge >= 0.3 is 6.36 Å². The Morgan fingerprint density at radius 2 is 2.00 bits per heavy atom. The molecule has 0 bridgehead atoms. The molecule has 1 heterocycles. The Kier molecular flexibility index (Phi) is 5.58. The Hall–Kier alpha value is -2.70. The van der Waals surface area contributed by atoms with Crippen molar-refractivity contribution in [3.05, 3.63) is 47.0 Å². The molecule has 0 aromatic heterocycles. The van der Waals surface area contributed by atoms with Crippen LogP contribution in [0.15, 0.2) is 30.3 Å². The number of rotatable bonds is 7. The summed E-state index contributed by atoms with van der Waals surface area (Å²) in [6.45, 7) is 3.06. The van der Waals surface area contributed by atoms with Gasteiger partial charge in [-0.2, -0.15) is 0 Å². The average molecular weight is 379 g/mol. The molecule has 2 aromatic rings. The lowest BCUT2D eigenvalue weighted by atomic mass is 9.90. The highest BCUT2D eigenvalue weighted by molar-refractivity contribution is 5.76. The zero-order chi connectivity index (χ0) is 19.4. The smallest absolute Gasteiger partial charge is 0.492 e. The Balaban J connectivity index is 2.02. The SMILES string of the molecule is CCCc1c(CNC=O)cc(-c2ccc(OC(F)(F)F)cc2)c2c1CCO2. The maximum absolute atomic E-state index is 12.4. The highest BCUT2D eigenvalue weighted by Crippen LogP contribution is 2.41. The van der Waals surface area contributed by atoms with E-state index in [0.29, 0.717) is 19.6 Å².